The molecule has 2 aliphatic rings. The third kappa shape index (κ3) is 6.53. The summed E-state index contributed by atoms with van der Waals surface area (Å²) < 4.78 is 42.0. The van der Waals surface area contributed by atoms with Crippen molar-refractivity contribution in [2.75, 3.05) is 38.1 Å². The van der Waals surface area contributed by atoms with Gasteiger partial charge >= 0.3 is 6.18 Å². The van der Waals surface area contributed by atoms with Crippen LogP contribution in [0.4, 0.5) is 18.9 Å². The first kappa shape index (κ1) is 31.3. The van der Waals surface area contributed by atoms with Gasteiger partial charge in [0.05, 0.1) is 17.1 Å². The number of rotatable bonds is 7. The van der Waals surface area contributed by atoms with Crippen LogP contribution in [0.5, 0.6) is 0 Å². The van der Waals surface area contributed by atoms with Gasteiger partial charge in [0.1, 0.15) is 5.01 Å². The SMILES string of the molecule is CN(Cc1nccs1)C(=O)c1ccc(N2CCC(C3CCN(C(=O)C(O)(c4ccccc4)C(F)(F)F)CC3)CC2)cc1Cl. The highest BCUT2D eigenvalue weighted by Crippen LogP contribution is 2.42. The van der Waals surface area contributed by atoms with E-state index in [-0.39, 0.29) is 19.0 Å². The Balaban J connectivity index is 1.15. The van der Waals surface area contributed by atoms with Gasteiger partial charge in [-0.1, -0.05) is 41.9 Å². The van der Waals surface area contributed by atoms with Crippen LogP contribution in [0.1, 0.15) is 46.6 Å². The predicted octanol–water partition coefficient (Wildman–Crippen LogP) is 5.97. The van der Waals surface area contributed by atoms with Gasteiger partial charge in [-0.25, -0.2) is 4.98 Å². The van der Waals surface area contributed by atoms with E-state index in [0.29, 0.717) is 41.8 Å². The Bertz CT molecular complexity index is 1410. The number of carbonyl (C=O) groups is 2. The highest BCUT2D eigenvalue weighted by Gasteiger charge is 2.62. The molecule has 2 fully saturated rings. The van der Waals surface area contributed by atoms with Crippen LogP contribution in [0.3, 0.4) is 0 Å². The van der Waals surface area contributed by atoms with Crippen LogP contribution in [0.2, 0.25) is 5.02 Å². The van der Waals surface area contributed by atoms with Gasteiger partial charge in [0.15, 0.2) is 0 Å². The van der Waals surface area contributed by atoms with Gasteiger partial charge in [0.25, 0.3) is 17.4 Å². The first-order valence-electron chi connectivity index (χ1n) is 14.3. The Hall–Kier alpha value is -3.15. The first-order valence-corrected chi connectivity index (χ1v) is 15.6. The lowest BCUT2D eigenvalue weighted by Gasteiger charge is -2.42. The van der Waals surface area contributed by atoms with E-state index >= 15 is 0 Å². The molecule has 5 rings (SSSR count). The smallest absolute Gasteiger partial charge is 0.371 e. The topological polar surface area (TPSA) is 77.0 Å². The molecule has 1 atom stereocenters. The maximum Gasteiger partial charge on any atom is 0.430 e. The van der Waals surface area contributed by atoms with Gasteiger partial charge in [-0.3, -0.25) is 9.59 Å². The fourth-order valence-electron chi connectivity index (χ4n) is 6.21. The Kier molecular flexibility index (Phi) is 9.34. The summed E-state index contributed by atoms with van der Waals surface area (Å²) in [5, 5.41) is 13.8. The molecular weight excluding hydrogens is 601 g/mol. The number of alkyl halides is 3. The number of amides is 2. The summed E-state index contributed by atoms with van der Waals surface area (Å²) in [5.74, 6) is -0.806. The molecular formula is C31H34ClF3N4O3S. The number of piperidine rings is 2. The number of aliphatic hydroxyl groups is 1. The fraction of sp³-hybridized carbons (Fsp3) is 0.452. The van der Waals surface area contributed by atoms with Gasteiger partial charge in [0.2, 0.25) is 0 Å². The van der Waals surface area contributed by atoms with Crippen molar-refractivity contribution >= 4 is 40.4 Å². The number of nitrogens with zero attached hydrogens (tertiary/aromatic N) is 4. The number of anilines is 1. The number of hydrogen-bond acceptors (Lipinski definition) is 6. The number of halogens is 4. The van der Waals surface area contributed by atoms with E-state index in [1.807, 2.05) is 17.5 Å². The van der Waals surface area contributed by atoms with E-state index in [1.54, 1.807) is 24.2 Å². The molecule has 230 valence electrons. The minimum Gasteiger partial charge on any atom is -0.371 e. The van der Waals surface area contributed by atoms with Crippen LogP contribution < -0.4 is 4.90 Å². The molecule has 2 aromatic carbocycles. The third-order valence-corrected chi connectivity index (χ3v) is 9.77. The molecule has 3 aromatic rings. The third-order valence-electron chi connectivity index (χ3n) is 8.70. The number of carbonyl (C=O) groups excluding carboxylic acids is 2. The number of aromatic nitrogens is 1. The van der Waals surface area contributed by atoms with Crippen molar-refractivity contribution < 1.29 is 27.9 Å². The summed E-state index contributed by atoms with van der Waals surface area (Å²) in [4.78, 5) is 35.2. The predicted molar refractivity (Wildman–Crippen MR) is 160 cm³/mol. The van der Waals surface area contributed by atoms with E-state index in [2.05, 4.69) is 9.88 Å². The van der Waals surface area contributed by atoms with Crippen molar-refractivity contribution in [3.8, 4) is 0 Å². The van der Waals surface area contributed by atoms with Crippen LogP contribution in [0.25, 0.3) is 0 Å². The van der Waals surface area contributed by atoms with E-state index in [1.165, 1.54) is 29.5 Å². The molecule has 43 heavy (non-hydrogen) atoms. The summed E-state index contributed by atoms with van der Waals surface area (Å²) in [6, 6.07) is 12.1. The Morgan fingerprint density at radius 1 is 1.02 bits per heavy atom. The Morgan fingerprint density at radius 3 is 2.21 bits per heavy atom. The average Bonchev–Trinajstić information content (AvgIpc) is 3.53. The van der Waals surface area contributed by atoms with Crippen molar-refractivity contribution in [3.05, 3.63) is 81.3 Å². The largest absolute Gasteiger partial charge is 0.430 e. The summed E-state index contributed by atoms with van der Waals surface area (Å²) >= 11 is 8.04. The van der Waals surface area contributed by atoms with Crippen LogP contribution >= 0.6 is 22.9 Å². The minimum absolute atomic E-state index is 0.173. The molecule has 1 unspecified atom stereocenters. The van der Waals surface area contributed by atoms with Crippen molar-refractivity contribution in [2.45, 2.75) is 44.0 Å². The minimum atomic E-state index is -5.14. The van der Waals surface area contributed by atoms with Gasteiger partial charge in [-0.05, 0) is 55.7 Å². The van der Waals surface area contributed by atoms with Gasteiger partial charge < -0.3 is 19.8 Å². The van der Waals surface area contributed by atoms with Crippen molar-refractivity contribution in [3.63, 3.8) is 0 Å². The fourth-order valence-corrected chi connectivity index (χ4v) is 7.13. The zero-order valence-electron chi connectivity index (χ0n) is 23.8. The molecule has 3 heterocycles. The number of thiazole rings is 1. The molecule has 7 nitrogen and oxygen atoms in total. The molecule has 0 radical (unpaired) electrons. The lowest BCUT2D eigenvalue weighted by molar-refractivity contribution is -0.262. The lowest BCUT2D eigenvalue weighted by atomic mass is 9.78. The van der Waals surface area contributed by atoms with Crippen molar-refractivity contribution in [1.29, 1.82) is 0 Å². The molecule has 0 saturated carbocycles. The number of likely N-dealkylation sites (tertiary alicyclic amines) is 1. The van der Waals surface area contributed by atoms with Crippen LogP contribution in [0, 0.1) is 11.8 Å². The van der Waals surface area contributed by atoms with E-state index in [4.69, 9.17) is 11.6 Å². The number of benzene rings is 2. The second-order valence-electron chi connectivity index (χ2n) is 11.3. The summed E-state index contributed by atoms with van der Waals surface area (Å²) in [6.07, 6.45) is -0.431. The van der Waals surface area contributed by atoms with Crippen LogP contribution in [-0.4, -0.2) is 71.1 Å². The lowest BCUT2D eigenvalue weighted by Crippen LogP contribution is -2.57. The standard InChI is InChI=1S/C31H34ClF3N4O3S/c1-37(20-27-36-13-18-43-27)28(40)25-8-7-24(19-26(25)32)38-14-9-21(10-15-38)22-11-16-39(17-12-22)29(41)30(42,31(33,34)35)23-5-3-2-4-6-23/h2-8,13,18-19,21-22,42H,9-12,14-17,20H2,1H3. The molecule has 1 N–H and O–H groups in total. The van der Waals surface area contributed by atoms with Gasteiger partial charge in [-0.15, -0.1) is 11.3 Å². The molecule has 0 aliphatic carbocycles. The molecule has 1 aromatic heterocycles. The molecule has 2 saturated heterocycles. The average molecular weight is 635 g/mol. The van der Waals surface area contributed by atoms with Crippen LogP contribution in [-0.2, 0) is 16.9 Å². The van der Waals surface area contributed by atoms with E-state index < -0.39 is 23.2 Å². The summed E-state index contributed by atoms with van der Waals surface area (Å²) in [5.41, 5.74) is -2.66. The van der Waals surface area contributed by atoms with Gasteiger partial charge in [0, 0.05) is 56.1 Å². The van der Waals surface area contributed by atoms with Crippen molar-refractivity contribution in [2.24, 2.45) is 11.8 Å². The van der Waals surface area contributed by atoms with E-state index in [9.17, 15) is 27.9 Å². The highest BCUT2D eigenvalue weighted by atomic mass is 35.5. The molecule has 0 bridgehead atoms. The Morgan fingerprint density at radius 2 is 1.65 bits per heavy atom. The summed E-state index contributed by atoms with van der Waals surface area (Å²) in [7, 11) is 1.72. The first-order chi connectivity index (χ1) is 20.5. The normalized spacial score (nSPS) is 18.4. The second kappa shape index (κ2) is 12.8. The Labute approximate surface area is 257 Å². The maximum atomic E-state index is 14.0. The number of hydrogen-bond donors (Lipinski definition) is 1. The van der Waals surface area contributed by atoms with E-state index in [0.717, 1.165) is 53.7 Å². The van der Waals surface area contributed by atoms with Crippen LogP contribution in [0.15, 0.2) is 60.1 Å². The van der Waals surface area contributed by atoms with Gasteiger partial charge in [-0.2, -0.15) is 13.2 Å². The van der Waals surface area contributed by atoms with Crippen molar-refractivity contribution in [1.82, 2.24) is 14.8 Å². The zero-order valence-corrected chi connectivity index (χ0v) is 25.3. The quantitative estimate of drug-likeness (QED) is 0.346. The second-order valence-corrected chi connectivity index (χ2v) is 12.7. The highest BCUT2D eigenvalue weighted by molar-refractivity contribution is 7.09. The summed E-state index contributed by atoms with van der Waals surface area (Å²) in [6.45, 7) is 2.35. The molecule has 2 amide bonds. The monoisotopic (exact) mass is 634 g/mol. The molecule has 12 heteroatoms. The molecule has 2 aliphatic heterocycles. The zero-order chi connectivity index (χ0) is 30.8. The molecule has 0 spiro atoms. The maximum absolute atomic E-state index is 14.0.